The van der Waals surface area contributed by atoms with Gasteiger partial charge >= 0.3 is 0 Å². The fourth-order valence-electron chi connectivity index (χ4n) is 3.97. The first-order valence-electron chi connectivity index (χ1n) is 8.88. The SMILES string of the molecule is O=C1C[C@H](C(=O)N2CCC[C@@H]2c2ccccc2)CN1Cc1ccco1. The quantitative estimate of drug-likeness (QED) is 0.861. The second kappa shape index (κ2) is 6.75. The number of nitrogens with zero attached hydrogens (tertiary/aromatic N) is 2. The van der Waals surface area contributed by atoms with Crippen LogP contribution in [-0.2, 0) is 16.1 Å². The smallest absolute Gasteiger partial charge is 0.228 e. The Morgan fingerprint density at radius 3 is 2.76 bits per heavy atom. The van der Waals surface area contributed by atoms with Gasteiger partial charge in [0.1, 0.15) is 5.76 Å². The van der Waals surface area contributed by atoms with Crippen LogP contribution < -0.4 is 0 Å². The predicted octanol–water partition coefficient (Wildman–Crippen LogP) is 2.99. The Labute approximate surface area is 147 Å². The molecule has 4 rings (SSSR count). The summed E-state index contributed by atoms with van der Waals surface area (Å²) < 4.78 is 5.32. The molecule has 130 valence electrons. The van der Waals surface area contributed by atoms with Gasteiger partial charge in [0.25, 0.3) is 0 Å². The van der Waals surface area contributed by atoms with Gasteiger partial charge in [0.15, 0.2) is 0 Å². The van der Waals surface area contributed by atoms with Crippen LogP contribution in [0.4, 0.5) is 0 Å². The molecule has 0 saturated carbocycles. The zero-order valence-corrected chi connectivity index (χ0v) is 14.1. The van der Waals surface area contributed by atoms with Crippen LogP contribution in [0.3, 0.4) is 0 Å². The highest BCUT2D eigenvalue weighted by Crippen LogP contribution is 2.34. The summed E-state index contributed by atoms with van der Waals surface area (Å²) in [6.07, 6.45) is 3.92. The van der Waals surface area contributed by atoms with Crippen LogP contribution in [0.15, 0.2) is 53.1 Å². The Morgan fingerprint density at radius 1 is 1.16 bits per heavy atom. The van der Waals surface area contributed by atoms with Gasteiger partial charge in [0, 0.05) is 19.5 Å². The Hall–Kier alpha value is -2.56. The molecule has 2 amide bonds. The van der Waals surface area contributed by atoms with E-state index in [0.29, 0.717) is 19.5 Å². The number of likely N-dealkylation sites (tertiary alicyclic amines) is 2. The lowest BCUT2D eigenvalue weighted by Gasteiger charge is -2.27. The van der Waals surface area contributed by atoms with Crippen molar-refractivity contribution < 1.29 is 14.0 Å². The molecule has 1 aromatic carbocycles. The zero-order chi connectivity index (χ0) is 17.2. The summed E-state index contributed by atoms with van der Waals surface area (Å²) in [7, 11) is 0. The van der Waals surface area contributed by atoms with Crippen LogP contribution in [0, 0.1) is 5.92 Å². The first-order valence-corrected chi connectivity index (χ1v) is 8.88. The third-order valence-electron chi connectivity index (χ3n) is 5.21. The molecule has 0 radical (unpaired) electrons. The fourth-order valence-corrected chi connectivity index (χ4v) is 3.97. The Bertz CT molecular complexity index is 742. The number of rotatable bonds is 4. The molecule has 1 aromatic heterocycles. The van der Waals surface area contributed by atoms with Gasteiger partial charge in [-0.15, -0.1) is 0 Å². The molecule has 2 aromatic rings. The number of carbonyl (C=O) groups is 2. The summed E-state index contributed by atoms with van der Waals surface area (Å²) >= 11 is 0. The lowest BCUT2D eigenvalue weighted by molar-refractivity contribution is -0.136. The average Bonchev–Trinajstić information content (AvgIpc) is 3.37. The maximum absolute atomic E-state index is 13.0. The molecule has 0 aliphatic carbocycles. The van der Waals surface area contributed by atoms with E-state index < -0.39 is 0 Å². The standard InChI is InChI=1S/C20H22N2O3/c23-19-12-16(13-21(19)14-17-8-5-11-25-17)20(24)22-10-4-9-18(22)15-6-2-1-3-7-15/h1-3,5-8,11,16,18H,4,9-10,12-14H2/t16-,18+/m0/s1. The van der Waals surface area contributed by atoms with Crippen molar-refractivity contribution >= 4 is 11.8 Å². The number of amides is 2. The van der Waals surface area contributed by atoms with Crippen LogP contribution in [0.5, 0.6) is 0 Å². The molecule has 2 aliphatic heterocycles. The molecule has 0 bridgehead atoms. The summed E-state index contributed by atoms with van der Waals surface area (Å²) in [5.74, 6) is 0.656. The molecule has 2 saturated heterocycles. The van der Waals surface area contributed by atoms with E-state index in [4.69, 9.17) is 4.42 Å². The van der Waals surface area contributed by atoms with Crippen molar-refractivity contribution in [3.05, 3.63) is 60.1 Å². The van der Waals surface area contributed by atoms with Gasteiger partial charge in [0.2, 0.25) is 11.8 Å². The molecular weight excluding hydrogens is 316 g/mol. The molecule has 0 unspecified atom stereocenters. The van der Waals surface area contributed by atoms with E-state index in [2.05, 4.69) is 12.1 Å². The minimum Gasteiger partial charge on any atom is -0.467 e. The number of furan rings is 1. The topological polar surface area (TPSA) is 53.8 Å². The minimum absolute atomic E-state index is 0.0326. The van der Waals surface area contributed by atoms with Crippen LogP contribution in [0.1, 0.15) is 36.6 Å². The largest absolute Gasteiger partial charge is 0.467 e. The molecule has 3 heterocycles. The monoisotopic (exact) mass is 338 g/mol. The van der Waals surface area contributed by atoms with Crippen molar-refractivity contribution in [2.75, 3.05) is 13.1 Å². The third kappa shape index (κ3) is 3.18. The Kier molecular flexibility index (Phi) is 4.30. The Morgan fingerprint density at radius 2 is 2.00 bits per heavy atom. The summed E-state index contributed by atoms with van der Waals surface area (Å²) in [5, 5.41) is 0. The van der Waals surface area contributed by atoms with E-state index in [1.807, 2.05) is 35.2 Å². The second-order valence-electron chi connectivity index (χ2n) is 6.86. The lowest BCUT2D eigenvalue weighted by atomic mass is 10.0. The van der Waals surface area contributed by atoms with Gasteiger partial charge < -0.3 is 14.2 Å². The molecule has 0 spiro atoms. The van der Waals surface area contributed by atoms with Crippen LogP contribution in [0.2, 0.25) is 0 Å². The van der Waals surface area contributed by atoms with Gasteiger partial charge in [0.05, 0.1) is 24.8 Å². The normalized spacial score (nSPS) is 23.4. The maximum Gasteiger partial charge on any atom is 0.228 e. The molecule has 5 heteroatoms. The molecule has 2 fully saturated rings. The minimum atomic E-state index is -0.244. The van der Waals surface area contributed by atoms with E-state index >= 15 is 0 Å². The van der Waals surface area contributed by atoms with Gasteiger partial charge in [-0.2, -0.15) is 0 Å². The number of carbonyl (C=O) groups excluding carboxylic acids is 2. The van der Waals surface area contributed by atoms with E-state index in [1.165, 1.54) is 5.56 Å². The summed E-state index contributed by atoms with van der Waals surface area (Å²) in [5.41, 5.74) is 1.19. The fraction of sp³-hybridized carbons (Fsp3) is 0.400. The summed E-state index contributed by atoms with van der Waals surface area (Å²) in [4.78, 5) is 29.1. The molecule has 5 nitrogen and oxygen atoms in total. The molecular formula is C20H22N2O3. The molecule has 2 aliphatic rings. The van der Waals surface area contributed by atoms with Crippen LogP contribution in [0.25, 0.3) is 0 Å². The number of hydrogen-bond acceptors (Lipinski definition) is 3. The van der Waals surface area contributed by atoms with Crippen LogP contribution >= 0.6 is 0 Å². The van der Waals surface area contributed by atoms with Crippen molar-refractivity contribution in [2.45, 2.75) is 31.8 Å². The second-order valence-corrected chi connectivity index (χ2v) is 6.86. The van der Waals surface area contributed by atoms with Gasteiger partial charge in [-0.1, -0.05) is 30.3 Å². The van der Waals surface area contributed by atoms with Crippen LogP contribution in [-0.4, -0.2) is 34.7 Å². The first-order chi connectivity index (χ1) is 12.2. The number of hydrogen-bond donors (Lipinski definition) is 0. The Balaban J connectivity index is 1.45. The van der Waals surface area contributed by atoms with E-state index in [1.54, 1.807) is 11.2 Å². The average molecular weight is 338 g/mol. The van der Waals surface area contributed by atoms with E-state index in [-0.39, 0.29) is 23.8 Å². The lowest BCUT2D eigenvalue weighted by Crippen LogP contribution is -2.37. The van der Waals surface area contributed by atoms with Crippen molar-refractivity contribution in [3.63, 3.8) is 0 Å². The summed E-state index contributed by atoms with van der Waals surface area (Å²) in [6, 6.07) is 14.0. The zero-order valence-electron chi connectivity index (χ0n) is 14.1. The molecule has 0 N–H and O–H groups in total. The van der Waals surface area contributed by atoms with Gasteiger partial charge in [-0.3, -0.25) is 9.59 Å². The van der Waals surface area contributed by atoms with E-state index in [0.717, 1.165) is 25.1 Å². The van der Waals surface area contributed by atoms with Crippen molar-refractivity contribution in [2.24, 2.45) is 5.92 Å². The highest BCUT2D eigenvalue weighted by Gasteiger charge is 2.40. The van der Waals surface area contributed by atoms with Crippen molar-refractivity contribution in [1.29, 1.82) is 0 Å². The molecule has 25 heavy (non-hydrogen) atoms. The predicted molar refractivity (Wildman–Crippen MR) is 92.4 cm³/mol. The highest BCUT2D eigenvalue weighted by atomic mass is 16.3. The number of benzene rings is 1. The summed E-state index contributed by atoms with van der Waals surface area (Å²) in [6.45, 7) is 1.70. The highest BCUT2D eigenvalue weighted by molar-refractivity contribution is 5.89. The first kappa shape index (κ1) is 15.9. The van der Waals surface area contributed by atoms with Crippen molar-refractivity contribution in [1.82, 2.24) is 9.80 Å². The van der Waals surface area contributed by atoms with Gasteiger partial charge in [-0.05, 0) is 30.5 Å². The third-order valence-corrected chi connectivity index (χ3v) is 5.21. The van der Waals surface area contributed by atoms with Gasteiger partial charge in [-0.25, -0.2) is 0 Å². The molecule has 2 atom stereocenters. The van der Waals surface area contributed by atoms with E-state index in [9.17, 15) is 9.59 Å². The maximum atomic E-state index is 13.0. The van der Waals surface area contributed by atoms with Crippen molar-refractivity contribution in [3.8, 4) is 0 Å².